The van der Waals surface area contributed by atoms with E-state index in [9.17, 15) is 0 Å². The molecule has 8 aromatic carbocycles. The monoisotopic (exact) mass is 689 g/mol. The smallest absolute Gasteiger partial charge is 0.145 e. The maximum absolute atomic E-state index is 6.63. The highest BCUT2D eigenvalue weighted by molar-refractivity contribution is 6.27. The Labute approximate surface area is 311 Å². The van der Waals surface area contributed by atoms with Gasteiger partial charge in [-0.25, -0.2) is 9.97 Å². The van der Waals surface area contributed by atoms with E-state index in [2.05, 4.69) is 168 Å². The number of hydrogen-bond acceptors (Lipinski definition) is 3. The summed E-state index contributed by atoms with van der Waals surface area (Å²) in [6.45, 7) is 0. The van der Waals surface area contributed by atoms with E-state index in [1.807, 2.05) is 24.3 Å². The molecule has 0 aliphatic heterocycles. The van der Waals surface area contributed by atoms with Crippen LogP contribution in [-0.4, -0.2) is 14.5 Å². The van der Waals surface area contributed by atoms with Gasteiger partial charge in [-0.3, -0.25) is 4.57 Å². The van der Waals surface area contributed by atoms with E-state index in [0.717, 1.165) is 99.8 Å². The molecule has 0 spiro atoms. The van der Waals surface area contributed by atoms with Crippen molar-refractivity contribution in [2.24, 2.45) is 0 Å². The molecule has 0 saturated heterocycles. The van der Waals surface area contributed by atoms with Crippen molar-refractivity contribution in [2.75, 3.05) is 0 Å². The fraction of sp³-hybridized carbons (Fsp3) is 0. The van der Waals surface area contributed by atoms with Crippen LogP contribution in [0.3, 0.4) is 0 Å². The Hall–Kier alpha value is -7.30. The van der Waals surface area contributed by atoms with Crippen molar-refractivity contribution < 1.29 is 4.42 Å². The van der Waals surface area contributed by atoms with Crippen molar-refractivity contribution in [3.8, 4) is 50.6 Å². The molecule has 3 aromatic heterocycles. The molecule has 4 heteroatoms. The molecule has 54 heavy (non-hydrogen) atoms. The van der Waals surface area contributed by atoms with Crippen molar-refractivity contribution in [3.05, 3.63) is 188 Å². The van der Waals surface area contributed by atoms with Crippen molar-refractivity contribution in [1.29, 1.82) is 0 Å². The van der Waals surface area contributed by atoms with Crippen LogP contribution in [0.1, 0.15) is 0 Å². The minimum atomic E-state index is 0.851. The van der Waals surface area contributed by atoms with Gasteiger partial charge in [0.25, 0.3) is 0 Å². The summed E-state index contributed by atoms with van der Waals surface area (Å²) in [4.78, 5) is 10.3. The van der Waals surface area contributed by atoms with E-state index in [-0.39, 0.29) is 0 Å². The van der Waals surface area contributed by atoms with Crippen molar-refractivity contribution in [2.45, 2.75) is 0 Å². The predicted molar refractivity (Wildman–Crippen MR) is 223 cm³/mol. The molecular formula is C50H31N3O. The molecule has 11 rings (SSSR count). The van der Waals surface area contributed by atoms with E-state index < -0.39 is 0 Å². The third-order valence-electron chi connectivity index (χ3n) is 10.6. The molecule has 0 atom stereocenters. The number of aromatic nitrogens is 3. The van der Waals surface area contributed by atoms with Crippen LogP contribution in [0, 0.1) is 0 Å². The summed E-state index contributed by atoms with van der Waals surface area (Å²) in [6, 6.07) is 66.0. The zero-order chi connectivity index (χ0) is 35.6. The number of para-hydroxylation sites is 4. The predicted octanol–water partition coefficient (Wildman–Crippen LogP) is 13.3. The molecule has 0 saturated carbocycles. The van der Waals surface area contributed by atoms with Gasteiger partial charge >= 0.3 is 0 Å². The second-order valence-electron chi connectivity index (χ2n) is 13.7. The lowest BCUT2D eigenvalue weighted by Gasteiger charge is -2.16. The number of furan rings is 1. The van der Waals surface area contributed by atoms with Gasteiger partial charge in [-0.2, -0.15) is 0 Å². The normalized spacial score (nSPS) is 11.7. The lowest BCUT2D eigenvalue weighted by Crippen LogP contribution is -1.97. The summed E-state index contributed by atoms with van der Waals surface area (Å²) in [5.41, 5.74) is 13.5. The Morgan fingerprint density at radius 1 is 0.389 bits per heavy atom. The lowest BCUT2D eigenvalue weighted by atomic mass is 9.88. The molecule has 0 aliphatic rings. The molecule has 4 nitrogen and oxygen atoms in total. The topological polar surface area (TPSA) is 43.9 Å². The standard InChI is InChI=1S/C50H31N3O/c1-3-14-33(15-4-1)49-40-31-45-48(39-21-8-12-25-44(39)54-45)46(47(40)38-20-7-9-22-41(38)51-49)36-19-13-18-35(30-36)32-26-28-37(29-27-32)53-43-24-11-10-23-42(43)52-50(53)34-16-5-2-6-17-34/h1-31H. The van der Waals surface area contributed by atoms with Gasteiger partial charge in [0, 0.05) is 49.3 Å². The maximum Gasteiger partial charge on any atom is 0.145 e. The molecule has 252 valence electrons. The molecule has 0 amide bonds. The Kier molecular flexibility index (Phi) is 6.82. The van der Waals surface area contributed by atoms with Crippen molar-refractivity contribution >= 4 is 54.6 Å². The van der Waals surface area contributed by atoms with Gasteiger partial charge in [-0.05, 0) is 65.2 Å². The number of fused-ring (bicyclic) bond motifs is 7. The van der Waals surface area contributed by atoms with Gasteiger partial charge in [0.2, 0.25) is 0 Å². The Morgan fingerprint density at radius 2 is 1.04 bits per heavy atom. The average molecular weight is 690 g/mol. The van der Waals surface area contributed by atoms with Crippen molar-refractivity contribution in [1.82, 2.24) is 14.5 Å². The minimum absolute atomic E-state index is 0.851. The van der Waals surface area contributed by atoms with Gasteiger partial charge in [0.1, 0.15) is 17.0 Å². The van der Waals surface area contributed by atoms with E-state index >= 15 is 0 Å². The number of benzene rings is 8. The molecule has 11 aromatic rings. The van der Waals surface area contributed by atoms with Crippen LogP contribution in [0.15, 0.2) is 192 Å². The summed E-state index contributed by atoms with van der Waals surface area (Å²) >= 11 is 0. The molecule has 0 unspecified atom stereocenters. The van der Waals surface area contributed by atoms with Crippen LogP contribution in [-0.2, 0) is 0 Å². The van der Waals surface area contributed by atoms with Gasteiger partial charge < -0.3 is 4.42 Å². The first-order valence-corrected chi connectivity index (χ1v) is 18.2. The molecule has 0 bridgehead atoms. The average Bonchev–Trinajstić information content (AvgIpc) is 3.82. The number of rotatable bonds is 5. The van der Waals surface area contributed by atoms with Gasteiger partial charge in [0.15, 0.2) is 0 Å². The van der Waals surface area contributed by atoms with Crippen LogP contribution < -0.4 is 0 Å². The van der Waals surface area contributed by atoms with Crippen molar-refractivity contribution in [3.63, 3.8) is 0 Å². The SMILES string of the molecule is c1ccc(-c2nc3ccccc3c3c(-c4cccc(-c5ccc(-n6c(-c7ccccc7)nc7ccccc76)cc5)c4)c4c(cc23)oc2ccccc24)cc1. The highest BCUT2D eigenvalue weighted by Crippen LogP contribution is 2.46. The lowest BCUT2D eigenvalue weighted by molar-refractivity contribution is 0.669. The third-order valence-corrected chi connectivity index (χ3v) is 10.6. The molecule has 0 radical (unpaired) electrons. The number of pyridine rings is 1. The van der Waals surface area contributed by atoms with E-state index in [4.69, 9.17) is 14.4 Å². The largest absolute Gasteiger partial charge is 0.456 e. The maximum atomic E-state index is 6.63. The quantitative estimate of drug-likeness (QED) is 0.169. The summed E-state index contributed by atoms with van der Waals surface area (Å²) in [5.74, 6) is 0.926. The zero-order valence-corrected chi connectivity index (χ0v) is 29.1. The first kappa shape index (κ1) is 30.3. The van der Waals surface area contributed by atoms with E-state index in [0.29, 0.717) is 0 Å². The van der Waals surface area contributed by atoms with Gasteiger partial charge in [-0.1, -0.05) is 140 Å². The highest BCUT2D eigenvalue weighted by atomic mass is 16.3. The summed E-state index contributed by atoms with van der Waals surface area (Å²) in [5, 5.41) is 5.57. The Morgan fingerprint density at radius 3 is 1.85 bits per heavy atom. The molecule has 0 aliphatic carbocycles. The van der Waals surface area contributed by atoms with E-state index in [1.54, 1.807) is 0 Å². The van der Waals surface area contributed by atoms with E-state index in [1.165, 1.54) is 5.39 Å². The summed E-state index contributed by atoms with van der Waals surface area (Å²) in [6.07, 6.45) is 0. The highest BCUT2D eigenvalue weighted by Gasteiger charge is 2.22. The fourth-order valence-electron chi connectivity index (χ4n) is 8.15. The zero-order valence-electron chi connectivity index (χ0n) is 29.1. The van der Waals surface area contributed by atoms with Crippen LogP contribution in [0.2, 0.25) is 0 Å². The van der Waals surface area contributed by atoms with Crippen LogP contribution in [0.4, 0.5) is 0 Å². The minimum Gasteiger partial charge on any atom is -0.456 e. The molecular weight excluding hydrogens is 659 g/mol. The third kappa shape index (κ3) is 4.78. The van der Waals surface area contributed by atoms with Gasteiger partial charge in [0.05, 0.1) is 22.2 Å². The fourth-order valence-corrected chi connectivity index (χ4v) is 8.15. The second kappa shape index (κ2) is 12.1. The molecule has 3 heterocycles. The Balaban J connectivity index is 1.13. The molecule has 0 fully saturated rings. The summed E-state index contributed by atoms with van der Waals surface area (Å²) < 4.78 is 8.88. The Bertz CT molecular complexity index is 3200. The first-order valence-electron chi connectivity index (χ1n) is 18.2. The second-order valence-corrected chi connectivity index (χ2v) is 13.7. The van der Waals surface area contributed by atoms with Gasteiger partial charge in [-0.15, -0.1) is 0 Å². The summed E-state index contributed by atoms with van der Waals surface area (Å²) in [7, 11) is 0. The van der Waals surface area contributed by atoms with Crippen LogP contribution in [0.5, 0.6) is 0 Å². The first-order chi connectivity index (χ1) is 26.8. The molecule has 0 N–H and O–H groups in total. The number of imidazole rings is 1. The number of nitrogens with zero attached hydrogens (tertiary/aromatic N) is 3. The van der Waals surface area contributed by atoms with Crippen LogP contribution in [0.25, 0.3) is 105 Å². The number of hydrogen-bond donors (Lipinski definition) is 0. The van der Waals surface area contributed by atoms with Crippen LogP contribution >= 0.6 is 0 Å².